The molecule has 0 unspecified atom stereocenters. The zero-order chi connectivity index (χ0) is 18.5. The van der Waals surface area contributed by atoms with Crippen molar-refractivity contribution in [1.29, 1.82) is 0 Å². The molecule has 1 saturated carbocycles. The van der Waals surface area contributed by atoms with Gasteiger partial charge in [-0.05, 0) is 25.0 Å². The fraction of sp³-hybridized carbons (Fsp3) is 0.526. The maximum atomic E-state index is 9.57. The molecular weight excluding hydrogens is 342 g/mol. The molecule has 2 aromatic rings. The third-order valence-electron chi connectivity index (χ3n) is 5.20. The summed E-state index contributed by atoms with van der Waals surface area (Å²) in [5.74, 6) is 1.90. The molecular formula is C19H27N7O. The zero-order valence-electron chi connectivity index (χ0n) is 15.5. The van der Waals surface area contributed by atoms with Crippen LogP contribution < -0.4 is 20.9 Å². The van der Waals surface area contributed by atoms with Crippen LogP contribution in [0.3, 0.4) is 0 Å². The molecule has 144 valence electrons. The molecule has 0 bridgehead atoms. The monoisotopic (exact) mass is 369 g/mol. The van der Waals surface area contributed by atoms with Gasteiger partial charge >= 0.3 is 0 Å². The van der Waals surface area contributed by atoms with E-state index < -0.39 is 0 Å². The van der Waals surface area contributed by atoms with E-state index in [1.165, 1.54) is 12.8 Å². The number of anilines is 4. The maximum Gasteiger partial charge on any atom is 0.230 e. The van der Waals surface area contributed by atoms with Gasteiger partial charge in [0, 0.05) is 44.0 Å². The topological polar surface area (TPSA) is 98.2 Å². The summed E-state index contributed by atoms with van der Waals surface area (Å²) in [6, 6.07) is 4.44. The molecule has 2 aromatic heterocycles. The highest BCUT2D eigenvalue weighted by Crippen LogP contribution is 2.24. The molecule has 0 aromatic carbocycles. The summed E-state index contributed by atoms with van der Waals surface area (Å²) in [5.41, 5.74) is 1.84. The van der Waals surface area contributed by atoms with Crippen molar-refractivity contribution in [3.8, 4) is 0 Å². The number of hydrogen-bond donors (Lipinski definition) is 4. The van der Waals surface area contributed by atoms with Crippen molar-refractivity contribution in [2.45, 2.75) is 38.3 Å². The first kappa shape index (κ1) is 17.9. The van der Waals surface area contributed by atoms with Crippen molar-refractivity contribution in [1.82, 2.24) is 20.3 Å². The van der Waals surface area contributed by atoms with E-state index in [0.717, 1.165) is 50.3 Å². The van der Waals surface area contributed by atoms with Crippen molar-refractivity contribution in [2.24, 2.45) is 0 Å². The van der Waals surface area contributed by atoms with E-state index in [1.54, 1.807) is 6.20 Å². The van der Waals surface area contributed by atoms with Crippen molar-refractivity contribution < 1.29 is 5.11 Å². The lowest BCUT2D eigenvalue weighted by Crippen LogP contribution is -2.43. The van der Waals surface area contributed by atoms with Crippen LogP contribution in [-0.2, 0) is 6.61 Å². The summed E-state index contributed by atoms with van der Waals surface area (Å²) in [5, 5.41) is 19.5. The second-order valence-electron chi connectivity index (χ2n) is 7.11. The first-order valence-corrected chi connectivity index (χ1v) is 9.74. The van der Waals surface area contributed by atoms with Gasteiger partial charge in [0.05, 0.1) is 18.5 Å². The fourth-order valence-electron chi connectivity index (χ4n) is 3.66. The number of nitrogens with zero attached hydrogens (tertiary/aromatic N) is 4. The van der Waals surface area contributed by atoms with Crippen LogP contribution in [0, 0.1) is 0 Å². The van der Waals surface area contributed by atoms with E-state index >= 15 is 0 Å². The van der Waals surface area contributed by atoms with Crippen molar-refractivity contribution in [2.75, 3.05) is 41.7 Å². The second-order valence-corrected chi connectivity index (χ2v) is 7.11. The predicted octanol–water partition coefficient (Wildman–Crippen LogP) is 1.87. The van der Waals surface area contributed by atoms with Crippen LogP contribution in [0.5, 0.6) is 0 Å². The average Bonchev–Trinajstić information content (AvgIpc) is 3.23. The maximum absolute atomic E-state index is 9.57. The van der Waals surface area contributed by atoms with Crippen molar-refractivity contribution in [3.63, 3.8) is 0 Å². The standard InChI is InChI=1S/C19H27N7O/c27-13-14-11-22-19(25-18(14)23-15-3-1-2-4-15)24-17-6-5-16(12-21-17)26-9-7-20-8-10-26/h5-6,11-12,15,20,27H,1-4,7-10,13H2,(H2,21,22,23,24,25). The number of piperazine rings is 1. The third-order valence-corrected chi connectivity index (χ3v) is 5.20. The first-order chi connectivity index (χ1) is 13.3. The molecule has 4 rings (SSSR count). The molecule has 27 heavy (non-hydrogen) atoms. The highest BCUT2D eigenvalue weighted by atomic mass is 16.3. The van der Waals surface area contributed by atoms with Crippen LogP contribution in [0.1, 0.15) is 31.2 Å². The number of nitrogens with one attached hydrogen (secondary N) is 3. The minimum atomic E-state index is -0.0764. The molecule has 2 aliphatic rings. The van der Waals surface area contributed by atoms with Gasteiger partial charge in [-0.1, -0.05) is 12.8 Å². The van der Waals surface area contributed by atoms with Crippen LogP contribution in [0.25, 0.3) is 0 Å². The number of aromatic nitrogens is 3. The number of aliphatic hydroxyl groups is 1. The van der Waals surface area contributed by atoms with Crippen LogP contribution in [0.2, 0.25) is 0 Å². The van der Waals surface area contributed by atoms with E-state index in [0.29, 0.717) is 23.6 Å². The van der Waals surface area contributed by atoms with Gasteiger partial charge in [0.25, 0.3) is 0 Å². The Kier molecular flexibility index (Phi) is 5.64. The minimum Gasteiger partial charge on any atom is -0.391 e. The van der Waals surface area contributed by atoms with E-state index in [2.05, 4.69) is 41.9 Å². The van der Waals surface area contributed by atoms with E-state index in [4.69, 9.17) is 0 Å². The van der Waals surface area contributed by atoms with Crippen LogP contribution >= 0.6 is 0 Å². The van der Waals surface area contributed by atoms with E-state index in [-0.39, 0.29) is 6.61 Å². The molecule has 0 spiro atoms. The zero-order valence-corrected chi connectivity index (χ0v) is 15.5. The average molecular weight is 369 g/mol. The molecule has 2 fully saturated rings. The van der Waals surface area contributed by atoms with Gasteiger partial charge in [-0.15, -0.1) is 0 Å². The molecule has 0 radical (unpaired) electrons. The quantitative estimate of drug-likeness (QED) is 0.613. The molecule has 0 atom stereocenters. The second kappa shape index (κ2) is 8.49. The van der Waals surface area contributed by atoms with Gasteiger partial charge in [0.15, 0.2) is 0 Å². The van der Waals surface area contributed by atoms with Gasteiger partial charge in [-0.25, -0.2) is 9.97 Å². The van der Waals surface area contributed by atoms with Gasteiger partial charge in [-0.3, -0.25) is 0 Å². The number of aliphatic hydroxyl groups excluding tert-OH is 1. The molecule has 8 heteroatoms. The lowest BCUT2D eigenvalue weighted by Gasteiger charge is -2.29. The Bertz CT molecular complexity index is 740. The first-order valence-electron chi connectivity index (χ1n) is 9.74. The largest absolute Gasteiger partial charge is 0.391 e. The smallest absolute Gasteiger partial charge is 0.230 e. The Morgan fingerprint density at radius 3 is 2.63 bits per heavy atom. The summed E-state index contributed by atoms with van der Waals surface area (Å²) in [6.45, 7) is 3.92. The number of hydrogen-bond acceptors (Lipinski definition) is 8. The Labute approximate surface area is 159 Å². The van der Waals surface area contributed by atoms with Gasteiger partial charge in [0.2, 0.25) is 5.95 Å². The molecule has 3 heterocycles. The van der Waals surface area contributed by atoms with Crippen LogP contribution in [0.15, 0.2) is 24.5 Å². The van der Waals surface area contributed by atoms with Crippen molar-refractivity contribution >= 4 is 23.3 Å². The van der Waals surface area contributed by atoms with Crippen LogP contribution in [0.4, 0.5) is 23.3 Å². The van der Waals surface area contributed by atoms with E-state index in [1.807, 2.05) is 12.3 Å². The highest BCUT2D eigenvalue weighted by molar-refractivity contribution is 5.56. The third kappa shape index (κ3) is 4.45. The van der Waals surface area contributed by atoms with Crippen LogP contribution in [-0.4, -0.2) is 52.3 Å². The lowest BCUT2D eigenvalue weighted by atomic mass is 10.2. The molecule has 1 aliphatic heterocycles. The Balaban J connectivity index is 1.45. The van der Waals surface area contributed by atoms with Gasteiger partial charge < -0.3 is 26.0 Å². The van der Waals surface area contributed by atoms with E-state index in [9.17, 15) is 5.11 Å². The Morgan fingerprint density at radius 2 is 1.93 bits per heavy atom. The number of pyridine rings is 1. The minimum absolute atomic E-state index is 0.0764. The predicted molar refractivity (Wildman–Crippen MR) is 106 cm³/mol. The normalized spacial score (nSPS) is 17.9. The summed E-state index contributed by atoms with van der Waals surface area (Å²) in [7, 11) is 0. The number of rotatable bonds is 6. The summed E-state index contributed by atoms with van der Waals surface area (Å²) < 4.78 is 0. The lowest BCUT2D eigenvalue weighted by molar-refractivity contribution is 0.281. The summed E-state index contributed by atoms with van der Waals surface area (Å²) in [6.07, 6.45) is 8.33. The molecule has 1 saturated heterocycles. The molecule has 0 amide bonds. The molecule has 1 aliphatic carbocycles. The summed E-state index contributed by atoms with van der Waals surface area (Å²) in [4.78, 5) is 15.7. The Hall–Kier alpha value is -2.45. The Morgan fingerprint density at radius 1 is 1.11 bits per heavy atom. The van der Waals surface area contributed by atoms with Gasteiger partial charge in [0.1, 0.15) is 11.6 Å². The fourth-order valence-corrected chi connectivity index (χ4v) is 3.66. The highest BCUT2D eigenvalue weighted by Gasteiger charge is 2.17. The van der Waals surface area contributed by atoms with Crippen molar-refractivity contribution in [3.05, 3.63) is 30.1 Å². The molecule has 4 N–H and O–H groups in total. The molecule has 8 nitrogen and oxygen atoms in total. The van der Waals surface area contributed by atoms with Gasteiger partial charge in [-0.2, -0.15) is 4.98 Å². The summed E-state index contributed by atoms with van der Waals surface area (Å²) >= 11 is 0. The SMILES string of the molecule is OCc1cnc(Nc2ccc(N3CCNCC3)cn2)nc1NC1CCCC1.